The van der Waals surface area contributed by atoms with Crippen LogP contribution in [-0.2, 0) is 6.54 Å². The summed E-state index contributed by atoms with van der Waals surface area (Å²) in [5.41, 5.74) is 0.0105. The Morgan fingerprint density at radius 2 is 1.22 bits per heavy atom. The lowest BCUT2D eigenvalue weighted by Crippen LogP contribution is -2.54. The minimum atomic E-state index is -1.09. The summed E-state index contributed by atoms with van der Waals surface area (Å²) in [5, 5.41) is 36.2. The normalized spacial score (nSPS) is 12.1. The van der Waals surface area contributed by atoms with E-state index >= 15 is 0 Å². The van der Waals surface area contributed by atoms with Crippen molar-refractivity contribution in [2.45, 2.75) is 12.1 Å². The van der Waals surface area contributed by atoms with Gasteiger partial charge in [0.25, 0.3) is 0 Å². The molecule has 4 heteroatoms. The summed E-state index contributed by atoms with van der Waals surface area (Å²) in [6, 6.07) is 18.4. The first-order valence-electron chi connectivity index (χ1n) is 7.70. The Labute approximate surface area is 135 Å². The van der Waals surface area contributed by atoms with Gasteiger partial charge >= 0.3 is 0 Å². The van der Waals surface area contributed by atoms with Crippen molar-refractivity contribution in [3.8, 4) is 0 Å². The first-order chi connectivity index (χ1) is 11.2. The maximum atomic E-state index is 9.50. The minimum Gasteiger partial charge on any atom is -0.394 e. The van der Waals surface area contributed by atoms with Crippen molar-refractivity contribution in [3.63, 3.8) is 0 Å². The molecule has 0 saturated carbocycles. The van der Waals surface area contributed by atoms with E-state index < -0.39 is 5.54 Å². The topological polar surface area (TPSA) is 72.7 Å². The molecule has 4 N–H and O–H groups in total. The van der Waals surface area contributed by atoms with Crippen molar-refractivity contribution < 1.29 is 15.3 Å². The molecule has 0 aliphatic heterocycles. The van der Waals surface area contributed by atoms with E-state index in [-0.39, 0.29) is 19.8 Å². The zero-order chi connectivity index (χ0) is 16.3. The Hall–Kier alpha value is -1.98. The monoisotopic (exact) mass is 311 g/mol. The van der Waals surface area contributed by atoms with E-state index in [0.717, 1.165) is 27.1 Å². The van der Waals surface area contributed by atoms with E-state index in [4.69, 9.17) is 0 Å². The smallest absolute Gasteiger partial charge is 0.0884 e. The molecule has 0 aliphatic carbocycles. The van der Waals surface area contributed by atoms with Crippen LogP contribution in [0, 0.1) is 0 Å². The molecule has 3 aromatic carbocycles. The van der Waals surface area contributed by atoms with Crippen molar-refractivity contribution in [3.05, 3.63) is 60.2 Å². The van der Waals surface area contributed by atoms with Crippen LogP contribution in [0.1, 0.15) is 5.56 Å². The molecule has 0 fully saturated rings. The lowest BCUT2D eigenvalue weighted by molar-refractivity contribution is 0.0415. The predicted molar refractivity (Wildman–Crippen MR) is 92.3 cm³/mol. The van der Waals surface area contributed by atoms with Gasteiger partial charge in [-0.15, -0.1) is 0 Å². The molecule has 3 rings (SSSR count). The second-order valence-electron chi connectivity index (χ2n) is 5.91. The van der Waals surface area contributed by atoms with E-state index in [1.165, 1.54) is 0 Å². The van der Waals surface area contributed by atoms with Gasteiger partial charge in [0.1, 0.15) is 0 Å². The highest BCUT2D eigenvalue weighted by Crippen LogP contribution is 2.28. The molecule has 0 atom stereocenters. The van der Waals surface area contributed by atoms with Crippen LogP contribution < -0.4 is 5.32 Å². The Kier molecular flexibility index (Phi) is 4.59. The molecule has 0 spiro atoms. The largest absolute Gasteiger partial charge is 0.394 e. The number of rotatable bonds is 6. The van der Waals surface area contributed by atoms with Gasteiger partial charge in [0.2, 0.25) is 0 Å². The van der Waals surface area contributed by atoms with E-state index in [2.05, 4.69) is 35.6 Å². The number of fused-ring (bicyclic) bond motifs is 2. The summed E-state index contributed by atoms with van der Waals surface area (Å²) >= 11 is 0. The Morgan fingerprint density at radius 3 is 1.70 bits per heavy atom. The van der Waals surface area contributed by atoms with E-state index in [9.17, 15) is 15.3 Å². The van der Waals surface area contributed by atoms with E-state index in [1.807, 2.05) is 24.3 Å². The number of aliphatic hydroxyl groups is 3. The first-order valence-corrected chi connectivity index (χ1v) is 7.70. The third-order valence-corrected chi connectivity index (χ3v) is 4.43. The van der Waals surface area contributed by atoms with Crippen molar-refractivity contribution >= 4 is 21.5 Å². The van der Waals surface area contributed by atoms with Crippen LogP contribution >= 0.6 is 0 Å². The molecule has 0 amide bonds. The number of hydrogen-bond acceptors (Lipinski definition) is 4. The summed E-state index contributed by atoms with van der Waals surface area (Å²) < 4.78 is 0. The van der Waals surface area contributed by atoms with Crippen molar-refractivity contribution in [2.75, 3.05) is 19.8 Å². The first kappa shape index (κ1) is 15.9. The van der Waals surface area contributed by atoms with E-state index in [0.29, 0.717) is 6.54 Å². The van der Waals surface area contributed by atoms with Crippen molar-refractivity contribution in [1.82, 2.24) is 5.32 Å². The number of nitrogens with one attached hydrogen (secondary N) is 1. The van der Waals surface area contributed by atoms with Crippen molar-refractivity contribution in [1.29, 1.82) is 0 Å². The minimum absolute atomic E-state index is 0.331. The van der Waals surface area contributed by atoms with Gasteiger partial charge < -0.3 is 20.6 Å². The van der Waals surface area contributed by atoms with Crippen LogP contribution in [0.25, 0.3) is 21.5 Å². The van der Waals surface area contributed by atoms with E-state index in [1.54, 1.807) is 0 Å². The molecule has 0 aliphatic rings. The van der Waals surface area contributed by atoms with Crippen LogP contribution in [0.3, 0.4) is 0 Å². The van der Waals surface area contributed by atoms with Gasteiger partial charge in [-0.25, -0.2) is 0 Å². The summed E-state index contributed by atoms with van der Waals surface area (Å²) in [6.07, 6.45) is 0. The predicted octanol–water partition coefficient (Wildman–Crippen LogP) is 1.80. The molecule has 0 saturated heterocycles. The standard InChI is InChI=1S/C19H21NO3/c21-11-19(12-22,13-23)20-10-18-16-7-3-1-5-14(16)9-15-6-2-4-8-17(15)18/h1-9,20-23H,10-13H2. The van der Waals surface area contributed by atoms with Gasteiger partial charge in [0.15, 0.2) is 0 Å². The molecule has 3 aromatic rings. The molecule has 23 heavy (non-hydrogen) atoms. The number of hydrogen-bond donors (Lipinski definition) is 4. The number of aliphatic hydroxyl groups excluding tert-OH is 3. The molecule has 4 nitrogen and oxygen atoms in total. The van der Waals surface area contributed by atoms with Gasteiger partial charge in [-0.3, -0.25) is 0 Å². The lowest BCUT2D eigenvalue weighted by atomic mass is 9.95. The van der Waals surface area contributed by atoms with Gasteiger partial charge in [-0.2, -0.15) is 0 Å². The highest BCUT2D eigenvalue weighted by molar-refractivity contribution is 6.02. The maximum Gasteiger partial charge on any atom is 0.0884 e. The molecule has 0 unspecified atom stereocenters. The zero-order valence-corrected chi connectivity index (χ0v) is 12.9. The molecular weight excluding hydrogens is 290 g/mol. The molecule has 0 bridgehead atoms. The molecule has 0 heterocycles. The zero-order valence-electron chi connectivity index (χ0n) is 12.9. The Balaban J connectivity index is 2.10. The fraction of sp³-hybridized carbons (Fsp3) is 0.263. The van der Waals surface area contributed by atoms with Gasteiger partial charge in [0, 0.05) is 6.54 Å². The Bertz CT molecular complexity index is 750. The lowest BCUT2D eigenvalue weighted by Gasteiger charge is -2.29. The highest BCUT2D eigenvalue weighted by Gasteiger charge is 2.27. The summed E-state index contributed by atoms with van der Waals surface area (Å²) in [7, 11) is 0. The summed E-state index contributed by atoms with van der Waals surface area (Å²) in [5.74, 6) is 0. The summed E-state index contributed by atoms with van der Waals surface area (Å²) in [4.78, 5) is 0. The second kappa shape index (κ2) is 6.64. The molecular formula is C19H21NO3. The highest BCUT2D eigenvalue weighted by atomic mass is 16.3. The van der Waals surface area contributed by atoms with Crippen LogP contribution in [0.5, 0.6) is 0 Å². The fourth-order valence-corrected chi connectivity index (χ4v) is 2.89. The fourth-order valence-electron chi connectivity index (χ4n) is 2.89. The van der Waals surface area contributed by atoms with Crippen LogP contribution in [0.2, 0.25) is 0 Å². The Morgan fingerprint density at radius 1 is 0.739 bits per heavy atom. The SMILES string of the molecule is OCC(CO)(CO)NCc1c2ccccc2cc2ccccc12. The second-order valence-corrected chi connectivity index (χ2v) is 5.91. The third kappa shape index (κ3) is 2.94. The van der Waals surface area contributed by atoms with Gasteiger partial charge in [-0.05, 0) is 33.2 Å². The van der Waals surface area contributed by atoms with Crippen LogP contribution in [-0.4, -0.2) is 40.7 Å². The van der Waals surface area contributed by atoms with Gasteiger partial charge in [-0.1, -0.05) is 48.5 Å². The van der Waals surface area contributed by atoms with Crippen LogP contribution in [0.15, 0.2) is 54.6 Å². The van der Waals surface area contributed by atoms with Crippen LogP contribution in [0.4, 0.5) is 0 Å². The van der Waals surface area contributed by atoms with Crippen molar-refractivity contribution in [2.24, 2.45) is 0 Å². The maximum absolute atomic E-state index is 9.50. The molecule has 0 radical (unpaired) electrons. The molecule has 0 aromatic heterocycles. The average molecular weight is 311 g/mol. The third-order valence-electron chi connectivity index (χ3n) is 4.43. The average Bonchev–Trinajstić information content (AvgIpc) is 2.62. The number of benzene rings is 3. The van der Waals surface area contributed by atoms with Gasteiger partial charge in [0.05, 0.1) is 25.4 Å². The summed E-state index contributed by atoms with van der Waals surface area (Å²) in [6.45, 7) is -0.544. The molecule has 120 valence electrons. The quantitative estimate of drug-likeness (QED) is 0.524.